The summed E-state index contributed by atoms with van der Waals surface area (Å²) >= 11 is 0. The van der Waals surface area contributed by atoms with E-state index in [1.54, 1.807) is 24.3 Å². The van der Waals surface area contributed by atoms with Crippen LogP contribution in [-0.4, -0.2) is 44.5 Å². The van der Waals surface area contributed by atoms with Crippen LogP contribution in [0.15, 0.2) is 54.6 Å². The molecule has 2 aromatic carbocycles. The van der Waals surface area contributed by atoms with E-state index in [2.05, 4.69) is 10.6 Å². The molecule has 3 rings (SSSR count). The molecule has 1 fully saturated rings. The molecule has 0 aliphatic carbocycles. The normalized spacial score (nSPS) is 19.2. The largest absolute Gasteiger partial charge is 0.469 e. The van der Waals surface area contributed by atoms with Gasteiger partial charge in [0.15, 0.2) is 6.54 Å². The Hall–Kier alpha value is -3.19. The fourth-order valence-electron chi connectivity index (χ4n) is 3.92. The van der Waals surface area contributed by atoms with E-state index in [0.717, 1.165) is 23.6 Å². The summed E-state index contributed by atoms with van der Waals surface area (Å²) < 4.78 is 4.81. The average molecular weight is 425 g/mol. The molecule has 0 bridgehead atoms. The van der Waals surface area contributed by atoms with Crippen molar-refractivity contribution >= 4 is 23.5 Å². The molecule has 31 heavy (non-hydrogen) atoms. The zero-order chi connectivity index (χ0) is 22.2. The van der Waals surface area contributed by atoms with Crippen LogP contribution in [0.2, 0.25) is 0 Å². The van der Waals surface area contributed by atoms with E-state index < -0.39 is 0 Å². The van der Waals surface area contributed by atoms with Crippen molar-refractivity contribution in [2.24, 2.45) is 5.92 Å². The highest BCUT2D eigenvalue weighted by Crippen LogP contribution is 2.18. The number of amides is 2. The third kappa shape index (κ3) is 6.15. The molecule has 7 nitrogen and oxygen atoms in total. The molecule has 1 saturated heterocycles. The number of methoxy groups -OCH3 is 1. The Balaban J connectivity index is 1.57. The second kappa shape index (κ2) is 10.7. The predicted molar refractivity (Wildman–Crippen MR) is 118 cm³/mol. The molecule has 1 aliphatic heterocycles. The lowest BCUT2D eigenvalue weighted by atomic mass is 9.97. The van der Waals surface area contributed by atoms with Gasteiger partial charge in [-0.2, -0.15) is 0 Å². The number of benzene rings is 2. The fraction of sp³-hybridized carbons (Fsp3) is 0.375. The molecule has 2 aromatic rings. The van der Waals surface area contributed by atoms with Crippen LogP contribution >= 0.6 is 0 Å². The van der Waals surface area contributed by atoms with Gasteiger partial charge in [0, 0.05) is 12.8 Å². The number of likely N-dealkylation sites (tertiary alicyclic amines) is 1. The van der Waals surface area contributed by atoms with Crippen LogP contribution in [0.5, 0.6) is 0 Å². The summed E-state index contributed by atoms with van der Waals surface area (Å²) in [5, 5.41) is 5.87. The summed E-state index contributed by atoms with van der Waals surface area (Å²) in [6.07, 6.45) is 1.43. The van der Waals surface area contributed by atoms with E-state index in [0.29, 0.717) is 30.6 Å². The molecule has 7 heteroatoms. The molecule has 0 radical (unpaired) electrons. The Morgan fingerprint density at radius 1 is 1.03 bits per heavy atom. The van der Waals surface area contributed by atoms with Gasteiger partial charge in [-0.15, -0.1) is 0 Å². The Morgan fingerprint density at radius 2 is 1.68 bits per heavy atom. The molecule has 0 saturated carbocycles. The number of carbonyl (C=O) groups excluding carboxylic acids is 3. The monoisotopic (exact) mass is 424 g/mol. The van der Waals surface area contributed by atoms with Crippen molar-refractivity contribution in [3.63, 3.8) is 0 Å². The summed E-state index contributed by atoms with van der Waals surface area (Å²) in [6.45, 7) is 3.70. The van der Waals surface area contributed by atoms with Crippen molar-refractivity contribution in [3.8, 4) is 0 Å². The van der Waals surface area contributed by atoms with Gasteiger partial charge < -0.3 is 20.3 Å². The zero-order valence-electron chi connectivity index (χ0n) is 18.0. The highest BCUT2D eigenvalue weighted by atomic mass is 16.5. The first-order chi connectivity index (χ1) is 15.0. The molecule has 1 atom stereocenters. The first-order valence-electron chi connectivity index (χ1n) is 10.6. The van der Waals surface area contributed by atoms with E-state index >= 15 is 0 Å². The number of rotatable bonds is 7. The first kappa shape index (κ1) is 22.5. The van der Waals surface area contributed by atoms with Crippen molar-refractivity contribution in [2.75, 3.05) is 32.1 Å². The summed E-state index contributed by atoms with van der Waals surface area (Å²) in [5.41, 5.74) is 1.93. The van der Waals surface area contributed by atoms with E-state index in [4.69, 9.17) is 4.74 Å². The Bertz CT molecular complexity index is 908. The lowest BCUT2D eigenvalue weighted by Crippen LogP contribution is -3.14. The van der Waals surface area contributed by atoms with Gasteiger partial charge in [0.1, 0.15) is 0 Å². The molecule has 0 unspecified atom stereocenters. The number of hydrogen-bond acceptors (Lipinski definition) is 4. The SMILES string of the molecule is COC(=O)C1CC[NH+](CC(=O)Nc2ccccc2C(=O)N[C@H](C)c2ccccc2)CC1. The van der Waals surface area contributed by atoms with Crippen LogP contribution in [-0.2, 0) is 14.3 Å². The van der Waals surface area contributed by atoms with Gasteiger partial charge in [0.2, 0.25) is 0 Å². The maximum atomic E-state index is 12.8. The quantitative estimate of drug-likeness (QED) is 0.589. The van der Waals surface area contributed by atoms with Crippen molar-refractivity contribution in [1.82, 2.24) is 5.32 Å². The molecule has 2 amide bonds. The number of ether oxygens (including phenoxy) is 1. The molecule has 1 heterocycles. The van der Waals surface area contributed by atoms with E-state index in [9.17, 15) is 14.4 Å². The Morgan fingerprint density at radius 3 is 2.35 bits per heavy atom. The number of piperidine rings is 1. The van der Waals surface area contributed by atoms with Crippen LogP contribution in [0.25, 0.3) is 0 Å². The maximum absolute atomic E-state index is 12.8. The topological polar surface area (TPSA) is 88.9 Å². The number of hydrogen-bond donors (Lipinski definition) is 3. The predicted octanol–water partition coefficient (Wildman–Crippen LogP) is 1.58. The zero-order valence-corrected chi connectivity index (χ0v) is 18.0. The molecule has 0 spiro atoms. The lowest BCUT2D eigenvalue weighted by Gasteiger charge is -2.27. The smallest absolute Gasteiger partial charge is 0.309 e. The minimum absolute atomic E-state index is 0.0761. The maximum Gasteiger partial charge on any atom is 0.309 e. The molecule has 1 aliphatic rings. The van der Waals surface area contributed by atoms with Gasteiger partial charge in [0.25, 0.3) is 11.8 Å². The van der Waals surface area contributed by atoms with Crippen molar-refractivity contribution < 1.29 is 24.0 Å². The third-order valence-electron chi connectivity index (χ3n) is 5.73. The van der Waals surface area contributed by atoms with Crippen LogP contribution in [0.3, 0.4) is 0 Å². The number of anilines is 1. The number of quaternary nitrogens is 1. The second-order valence-corrected chi connectivity index (χ2v) is 7.92. The van der Waals surface area contributed by atoms with Crippen LogP contribution in [0.1, 0.15) is 41.7 Å². The summed E-state index contributed by atoms with van der Waals surface area (Å²) in [4.78, 5) is 38.2. The number of para-hydroxylation sites is 1. The summed E-state index contributed by atoms with van der Waals surface area (Å²) in [7, 11) is 1.41. The van der Waals surface area contributed by atoms with Gasteiger partial charge in [-0.1, -0.05) is 42.5 Å². The first-order valence-corrected chi connectivity index (χ1v) is 10.6. The van der Waals surface area contributed by atoms with E-state index in [1.165, 1.54) is 7.11 Å². The van der Waals surface area contributed by atoms with Gasteiger partial charge in [-0.3, -0.25) is 14.4 Å². The number of esters is 1. The lowest BCUT2D eigenvalue weighted by molar-refractivity contribution is -0.897. The standard InChI is InChI=1S/C24H29N3O4/c1-17(18-8-4-3-5-9-18)25-23(29)20-10-6-7-11-21(20)26-22(28)16-27-14-12-19(13-15-27)24(30)31-2/h3-11,17,19H,12-16H2,1-2H3,(H,25,29)(H,26,28)/p+1/t17-/m1/s1. The van der Waals surface area contributed by atoms with Crippen molar-refractivity contribution in [2.45, 2.75) is 25.8 Å². The van der Waals surface area contributed by atoms with Crippen LogP contribution in [0, 0.1) is 5.92 Å². The van der Waals surface area contributed by atoms with Gasteiger partial charge in [-0.05, 0) is 24.6 Å². The Labute approximate surface area is 182 Å². The molecular weight excluding hydrogens is 394 g/mol. The molecule has 3 N–H and O–H groups in total. The molecular formula is C24H30N3O4+. The van der Waals surface area contributed by atoms with Crippen LogP contribution < -0.4 is 15.5 Å². The highest BCUT2D eigenvalue weighted by molar-refractivity contribution is 6.04. The van der Waals surface area contributed by atoms with Crippen LogP contribution in [0.4, 0.5) is 5.69 Å². The van der Waals surface area contributed by atoms with E-state index in [1.807, 2.05) is 37.3 Å². The average Bonchev–Trinajstić information content (AvgIpc) is 2.79. The molecule has 164 valence electrons. The molecule has 0 aromatic heterocycles. The van der Waals surface area contributed by atoms with Crippen molar-refractivity contribution in [3.05, 3.63) is 65.7 Å². The Kier molecular flexibility index (Phi) is 7.78. The third-order valence-corrected chi connectivity index (χ3v) is 5.73. The minimum atomic E-state index is -0.238. The van der Waals surface area contributed by atoms with Gasteiger partial charge in [-0.25, -0.2) is 0 Å². The van der Waals surface area contributed by atoms with Crippen molar-refractivity contribution in [1.29, 1.82) is 0 Å². The summed E-state index contributed by atoms with van der Waals surface area (Å²) in [6, 6.07) is 16.6. The number of nitrogens with one attached hydrogen (secondary N) is 3. The number of carbonyl (C=O) groups is 3. The fourth-order valence-corrected chi connectivity index (χ4v) is 3.92. The highest BCUT2D eigenvalue weighted by Gasteiger charge is 2.29. The summed E-state index contributed by atoms with van der Waals surface area (Å²) in [5.74, 6) is -0.637. The van der Waals surface area contributed by atoms with E-state index in [-0.39, 0.29) is 29.7 Å². The minimum Gasteiger partial charge on any atom is -0.469 e. The van der Waals surface area contributed by atoms with Gasteiger partial charge >= 0.3 is 5.97 Å². The second-order valence-electron chi connectivity index (χ2n) is 7.92. The van der Waals surface area contributed by atoms with Gasteiger partial charge in [0.05, 0.1) is 43.4 Å².